The van der Waals surface area contributed by atoms with Crippen molar-refractivity contribution in [2.75, 3.05) is 19.7 Å². The van der Waals surface area contributed by atoms with Crippen molar-refractivity contribution in [3.05, 3.63) is 39.4 Å². The molecule has 1 heterocycles. The minimum atomic E-state index is -0.844. The van der Waals surface area contributed by atoms with Gasteiger partial charge in [-0.3, -0.25) is 14.9 Å². The van der Waals surface area contributed by atoms with Gasteiger partial charge in [0.05, 0.1) is 4.92 Å². The van der Waals surface area contributed by atoms with Gasteiger partial charge >= 0.3 is 5.97 Å². The lowest BCUT2D eigenvalue weighted by molar-refractivity contribution is -0.385. The molecule has 0 N–H and O–H groups in total. The first-order valence-corrected chi connectivity index (χ1v) is 7.69. The summed E-state index contributed by atoms with van der Waals surface area (Å²) in [4.78, 5) is 36.3. The Morgan fingerprint density at radius 1 is 1.22 bits per heavy atom. The number of esters is 1. The topological polar surface area (TPSA) is 89.8 Å². The maximum atomic E-state index is 12.1. The van der Waals surface area contributed by atoms with E-state index in [1.165, 1.54) is 6.07 Å². The van der Waals surface area contributed by atoms with Crippen LogP contribution in [0.2, 0.25) is 0 Å². The number of rotatable bonds is 4. The van der Waals surface area contributed by atoms with Crippen LogP contribution in [0.1, 0.15) is 41.6 Å². The van der Waals surface area contributed by atoms with Crippen molar-refractivity contribution in [3.63, 3.8) is 0 Å². The first-order chi connectivity index (χ1) is 11.0. The highest BCUT2D eigenvalue weighted by atomic mass is 16.6. The van der Waals surface area contributed by atoms with E-state index in [1.54, 1.807) is 24.0 Å². The highest BCUT2D eigenvalue weighted by molar-refractivity contribution is 5.95. The van der Waals surface area contributed by atoms with Crippen molar-refractivity contribution in [1.82, 2.24) is 4.90 Å². The van der Waals surface area contributed by atoms with Crippen LogP contribution in [0.15, 0.2) is 18.2 Å². The minimum Gasteiger partial charge on any atom is -0.452 e. The Kier molecular flexibility index (Phi) is 5.67. The number of nitro benzene ring substituents is 1. The van der Waals surface area contributed by atoms with E-state index in [-0.39, 0.29) is 23.8 Å². The Balaban J connectivity index is 2.01. The van der Waals surface area contributed by atoms with Crippen LogP contribution in [0.5, 0.6) is 0 Å². The summed E-state index contributed by atoms with van der Waals surface area (Å²) in [5.41, 5.74) is -0.0262. The maximum Gasteiger partial charge on any atom is 0.345 e. The van der Waals surface area contributed by atoms with Crippen LogP contribution in [0, 0.1) is 17.0 Å². The second-order valence-corrected chi connectivity index (χ2v) is 5.60. The van der Waals surface area contributed by atoms with Gasteiger partial charge in [0.2, 0.25) is 0 Å². The molecule has 0 unspecified atom stereocenters. The predicted octanol–water partition coefficient (Wildman–Crippen LogP) is 2.46. The molecule has 2 rings (SSSR count). The second-order valence-electron chi connectivity index (χ2n) is 5.60. The SMILES string of the molecule is Cc1cccc(C(=O)OCC(=O)N2CCCCCC2)c1[N+](=O)[O-]. The van der Waals surface area contributed by atoms with E-state index in [9.17, 15) is 19.7 Å². The fourth-order valence-electron chi connectivity index (χ4n) is 2.68. The van der Waals surface area contributed by atoms with E-state index in [0.717, 1.165) is 25.7 Å². The van der Waals surface area contributed by atoms with Gasteiger partial charge < -0.3 is 9.64 Å². The van der Waals surface area contributed by atoms with Crippen molar-refractivity contribution in [1.29, 1.82) is 0 Å². The van der Waals surface area contributed by atoms with E-state index in [4.69, 9.17) is 4.74 Å². The maximum absolute atomic E-state index is 12.1. The number of amides is 1. The van der Waals surface area contributed by atoms with E-state index < -0.39 is 10.9 Å². The summed E-state index contributed by atoms with van der Waals surface area (Å²) in [7, 11) is 0. The van der Waals surface area contributed by atoms with Gasteiger partial charge in [-0.2, -0.15) is 0 Å². The number of ether oxygens (including phenoxy) is 1. The van der Waals surface area contributed by atoms with Crippen LogP contribution in [-0.2, 0) is 9.53 Å². The van der Waals surface area contributed by atoms with Crippen LogP contribution in [0.25, 0.3) is 0 Å². The highest BCUT2D eigenvalue weighted by Gasteiger charge is 2.25. The van der Waals surface area contributed by atoms with Crippen LogP contribution in [0.3, 0.4) is 0 Å². The zero-order valence-corrected chi connectivity index (χ0v) is 13.1. The molecule has 1 aliphatic heterocycles. The molecule has 124 valence electrons. The third kappa shape index (κ3) is 4.28. The van der Waals surface area contributed by atoms with Gasteiger partial charge in [-0.25, -0.2) is 4.79 Å². The monoisotopic (exact) mass is 320 g/mol. The summed E-state index contributed by atoms with van der Waals surface area (Å²) in [6.45, 7) is 2.50. The lowest BCUT2D eigenvalue weighted by atomic mass is 10.1. The Morgan fingerprint density at radius 2 is 1.87 bits per heavy atom. The zero-order valence-electron chi connectivity index (χ0n) is 13.1. The van der Waals surface area contributed by atoms with Gasteiger partial charge in [0, 0.05) is 18.7 Å². The molecule has 1 aromatic carbocycles. The van der Waals surface area contributed by atoms with Crippen molar-refractivity contribution in [3.8, 4) is 0 Å². The molecular formula is C16H20N2O5. The molecule has 1 amide bonds. The number of aryl methyl sites for hydroxylation is 1. The number of hydrogen-bond donors (Lipinski definition) is 0. The third-order valence-corrected chi connectivity index (χ3v) is 3.93. The minimum absolute atomic E-state index is 0.126. The predicted molar refractivity (Wildman–Crippen MR) is 83.2 cm³/mol. The van der Waals surface area contributed by atoms with Crippen molar-refractivity contribution in [2.24, 2.45) is 0 Å². The Morgan fingerprint density at radius 3 is 2.48 bits per heavy atom. The van der Waals surface area contributed by atoms with Gasteiger partial charge in [0.15, 0.2) is 6.61 Å². The molecule has 0 atom stereocenters. The number of hydrogen-bond acceptors (Lipinski definition) is 5. The van der Waals surface area contributed by atoms with Crippen LogP contribution in [-0.4, -0.2) is 41.4 Å². The van der Waals surface area contributed by atoms with E-state index >= 15 is 0 Å². The Labute approximate surface area is 134 Å². The fourth-order valence-corrected chi connectivity index (χ4v) is 2.68. The van der Waals surface area contributed by atoms with Gasteiger partial charge in [-0.15, -0.1) is 0 Å². The second kappa shape index (κ2) is 7.71. The molecule has 0 spiro atoms. The highest BCUT2D eigenvalue weighted by Crippen LogP contribution is 2.23. The number of benzene rings is 1. The van der Waals surface area contributed by atoms with Crippen molar-refractivity contribution in [2.45, 2.75) is 32.6 Å². The van der Waals surface area contributed by atoms with Gasteiger partial charge in [-0.1, -0.05) is 25.0 Å². The number of carbonyl (C=O) groups is 2. The molecule has 0 bridgehead atoms. The summed E-state index contributed by atoms with van der Waals surface area (Å²) in [5, 5.41) is 11.1. The fraction of sp³-hybridized carbons (Fsp3) is 0.500. The molecule has 0 aromatic heterocycles. The number of para-hydroxylation sites is 1. The Bertz CT molecular complexity index is 606. The number of nitrogens with zero attached hydrogens (tertiary/aromatic N) is 2. The molecule has 1 aromatic rings. The summed E-state index contributed by atoms with van der Waals surface area (Å²) in [6, 6.07) is 4.44. The third-order valence-electron chi connectivity index (χ3n) is 3.93. The van der Waals surface area contributed by atoms with E-state index in [1.807, 2.05) is 0 Å². The molecule has 7 nitrogen and oxygen atoms in total. The average molecular weight is 320 g/mol. The molecular weight excluding hydrogens is 300 g/mol. The summed E-state index contributed by atoms with van der Waals surface area (Å²) in [6.07, 6.45) is 4.09. The van der Waals surface area contributed by atoms with E-state index in [0.29, 0.717) is 18.7 Å². The van der Waals surface area contributed by atoms with Crippen LogP contribution in [0.4, 0.5) is 5.69 Å². The van der Waals surface area contributed by atoms with Gasteiger partial charge in [-0.05, 0) is 25.8 Å². The molecule has 23 heavy (non-hydrogen) atoms. The summed E-state index contributed by atoms with van der Waals surface area (Å²) in [5.74, 6) is -1.10. The molecule has 0 aliphatic carbocycles. The lowest BCUT2D eigenvalue weighted by Crippen LogP contribution is -2.35. The summed E-state index contributed by atoms with van der Waals surface area (Å²) < 4.78 is 5.00. The number of carbonyl (C=O) groups excluding carboxylic acids is 2. The molecule has 1 aliphatic rings. The van der Waals surface area contributed by atoms with Crippen LogP contribution >= 0.6 is 0 Å². The quantitative estimate of drug-likeness (QED) is 0.483. The van der Waals surface area contributed by atoms with Crippen molar-refractivity contribution >= 4 is 17.6 Å². The average Bonchev–Trinajstić information content (AvgIpc) is 2.80. The number of likely N-dealkylation sites (tertiary alicyclic amines) is 1. The molecule has 1 fully saturated rings. The van der Waals surface area contributed by atoms with Gasteiger partial charge in [0.25, 0.3) is 11.6 Å². The normalized spacial score (nSPS) is 14.9. The molecule has 0 saturated carbocycles. The first kappa shape index (κ1) is 16.9. The van der Waals surface area contributed by atoms with E-state index in [2.05, 4.69) is 0 Å². The smallest absolute Gasteiger partial charge is 0.345 e. The molecule has 0 radical (unpaired) electrons. The zero-order chi connectivity index (χ0) is 16.8. The van der Waals surface area contributed by atoms with Gasteiger partial charge in [0.1, 0.15) is 5.56 Å². The molecule has 1 saturated heterocycles. The largest absolute Gasteiger partial charge is 0.452 e. The summed E-state index contributed by atoms with van der Waals surface area (Å²) >= 11 is 0. The molecule has 7 heteroatoms. The Hall–Kier alpha value is -2.44. The standard InChI is InChI=1S/C16H20N2O5/c1-12-7-6-8-13(15(12)18(21)22)16(20)23-11-14(19)17-9-4-2-3-5-10-17/h6-8H,2-5,9-11H2,1H3. The lowest BCUT2D eigenvalue weighted by Gasteiger charge is -2.19. The van der Waals surface area contributed by atoms with Crippen molar-refractivity contribution < 1.29 is 19.2 Å². The number of nitro groups is 1. The first-order valence-electron chi connectivity index (χ1n) is 7.69. The van der Waals surface area contributed by atoms with Crippen LogP contribution < -0.4 is 0 Å².